The highest BCUT2D eigenvalue weighted by Crippen LogP contribution is 2.16. The van der Waals surface area contributed by atoms with Crippen molar-refractivity contribution in [2.75, 3.05) is 19.8 Å². The van der Waals surface area contributed by atoms with Gasteiger partial charge in [0, 0.05) is 31.3 Å². The van der Waals surface area contributed by atoms with Crippen LogP contribution in [0.5, 0.6) is 0 Å². The van der Waals surface area contributed by atoms with Gasteiger partial charge in [-0.1, -0.05) is 36.4 Å². The summed E-state index contributed by atoms with van der Waals surface area (Å²) in [4.78, 5) is 37.5. The Morgan fingerprint density at radius 1 is 0.938 bits per heavy atom. The zero-order valence-electron chi connectivity index (χ0n) is 18.6. The molecule has 0 radical (unpaired) electrons. The Hall–Kier alpha value is -3.45. The van der Waals surface area contributed by atoms with Gasteiger partial charge in [-0.2, -0.15) is 0 Å². The lowest BCUT2D eigenvalue weighted by Gasteiger charge is -2.23. The van der Waals surface area contributed by atoms with E-state index in [1.54, 1.807) is 32.1 Å². The van der Waals surface area contributed by atoms with Crippen LogP contribution in [0.25, 0.3) is 6.08 Å². The summed E-state index contributed by atoms with van der Waals surface area (Å²) >= 11 is 0. The molecular formula is C25H30N2O5. The summed E-state index contributed by atoms with van der Waals surface area (Å²) in [6.45, 7) is 5.72. The molecule has 2 N–H and O–H groups in total. The van der Waals surface area contributed by atoms with Gasteiger partial charge in [-0.15, -0.1) is 0 Å². The van der Waals surface area contributed by atoms with Gasteiger partial charge < -0.3 is 15.2 Å². The SMILES string of the molecule is CCOC(=O)C=Cc1cc(CN(CCC(=O)OCC)Cc2ccccc2)cc(C(N)=O)c1. The van der Waals surface area contributed by atoms with Crippen LogP contribution in [0.15, 0.2) is 54.6 Å². The number of ether oxygens (including phenoxy) is 2. The molecule has 2 rings (SSSR count). The summed E-state index contributed by atoms with van der Waals surface area (Å²) < 4.78 is 9.96. The minimum atomic E-state index is -0.557. The van der Waals surface area contributed by atoms with E-state index in [9.17, 15) is 14.4 Å². The molecule has 7 nitrogen and oxygen atoms in total. The van der Waals surface area contributed by atoms with E-state index in [0.29, 0.717) is 37.4 Å². The minimum absolute atomic E-state index is 0.255. The van der Waals surface area contributed by atoms with Crippen molar-refractivity contribution < 1.29 is 23.9 Å². The number of hydrogen-bond acceptors (Lipinski definition) is 6. The number of amides is 1. The highest BCUT2D eigenvalue weighted by Gasteiger charge is 2.13. The molecule has 0 spiro atoms. The van der Waals surface area contributed by atoms with E-state index in [4.69, 9.17) is 15.2 Å². The molecule has 0 aliphatic carbocycles. The van der Waals surface area contributed by atoms with Gasteiger partial charge in [0.25, 0.3) is 0 Å². The first-order valence-corrected chi connectivity index (χ1v) is 10.6. The first-order chi connectivity index (χ1) is 15.4. The predicted octanol–water partition coefficient (Wildman–Crippen LogP) is 3.32. The van der Waals surface area contributed by atoms with E-state index in [0.717, 1.165) is 11.1 Å². The van der Waals surface area contributed by atoms with Crippen LogP contribution < -0.4 is 5.73 Å². The quantitative estimate of drug-likeness (QED) is 0.403. The van der Waals surface area contributed by atoms with Crippen molar-refractivity contribution in [2.45, 2.75) is 33.4 Å². The molecule has 0 bridgehead atoms. The molecule has 0 heterocycles. The van der Waals surface area contributed by atoms with Gasteiger partial charge in [-0.3, -0.25) is 14.5 Å². The number of carbonyl (C=O) groups excluding carboxylic acids is 3. The lowest BCUT2D eigenvalue weighted by atomic mass is 10.0. The molecule has 2 aromatic rings. The van der Waals surface area contributed by atoms with E-state index in [-0.39, 0.29) is 19.0 Å². The number of nitrogens with zero attached hydrogens (tertiary/aromatic N) is 1. The smallest absolute Gasteiger partial charge is 0.330 e. The summed E-state index contributed by atoms with van der Waals surface area (Å²) in [5.41, 5.74) is 8.46. The van der Waals surface area contributed by atoms with Crippen LogP contribution in [0, 0.1) is 0 Å². The summed E-state index contributed by atoms with van der Waals surface area (Å²) in [5.74, 6) is -1.27. The van der Waals surface area contributed by atoms with Gasteiger partial charge in [0.1, 0.15) is 0 Å². The van der Waals surface area contributed by atoms with E-state index >= 15 is 0 Å². The second-order valence-electron chi connectivity index (χ2n) is 7.16. The molecule has 0 unspecified atom stereocenters. The molecule has 2 aromatic carbocycles. The van der Waals surface area contributed by atoms with Gasteiger partial charge >= 0.3 is 11.9 Å². The number of rotatable bonds is 12. The number of primary amides is 1. The molecule has 1 amide bonds. The Morgan fingerprint density at radius 3 is 2.28 bits per heavy atom. The van der Waals surface area contributed by atoms with E-state index < -0.39 is 11.9 Å². The normalized spacial score (nSPS) is 11.0. The second kappa shape index (κ2) is 13.1. The Bertz CT molecular complexity index is 941. The number of hydrogen-bond donors (Lipinski definition) is 1. The fraction of sp³-hybridized carbons (Fsp3) is 0.320. The van der Waals surface area contributed by atoms with E-state index in [2.05, 4.69) is 4.90 Å². The minimum Gasteiger partial charge on any atom is -0.466 e. The summed E-state index contributed by atoms with van der Waals surface area (Å²) in [6.07, 6.45) is 3.16. The second-order valence-corrected chi connectivity index (χ2v) is 7.16. The maximum absolute atomic E-state index is 11.9. The molecule has 7 heteroatoms. The van der Waals surface area contributed by atoms with Crippen LogP contribution >= 0.6 is 0 Å². The number of esters is 2. The van der Waals surface area contributed by atoms with Crippen molar-refractivity contribution in [1.29, 1.82) is 0 Å². The first-order valence-electron chi connectivity index (χ1n) is 10.6. The average Bonchev–Trinajstić information content (AvgIpc) is 2.77. The Labute approximate surface area is 188 Å². The fourth-order valence-corrected chi connectivity index (χ4v) is 3.20. The zero-order chi connectivity index (χ0) is 23.3. The number of nitrogens with two attached hydrogens (primary N) is 1. The lowest BCUT2D eigenvalue weighted by molar-refractivity contribution is -0.143. The monoisotopic (exact) mass is 438 g/mol. The van der Waals surface area contributed by atoms with Crippen molar-refractivity contribution in [3.63, 3.8) is 0 Å². The van der Waals surface area contributed by atoms with Crippen LogP contribution in [-0.2, 0) is 32.2 Å². The highest BCUT2D eigenvalue weighted by molar-refractivity contribution is 5.94. The number of benzene rings is 2. The van der Waals surface area contributed by atoms with Crippen LogP contribution in [0.1, 0.15) is 47.3 Å². The first kappa shape index (κ1) is 24.8. The van der Waals surface area contributed by atoms with Crippen molar-refractivity contribution in [2.24, 2.45) is 5.73 Å². The molecule has 0 fully saturated rings. The molecular weight excluding hydrogens is 408 g/mol. The largest absolute Gasteiger partial charge is 0.466 e. The molecule has 0 aliphatic heterocycles. The third-order valence-electron chi connectivity index (χ3n) is 4.59. The fourth-order valence-electron chi connectivity index (χ4n) is 3.20. The van der Waals surface area contributed by atoms with Crippen LogP contribution in [0.2, 0.25) is 0 Å². The summed E-state index contributed by atoms with van der Waals surface area (Å²) in [7, 11) is 0. The average molecular weight is 439 g/mol. The van der Waals surface area contributed by atoms with Gasteiger partial charge in [-0.25, -0.2) is 4.79 Å². The van der Waals surface area contributed by atoms with E-state index in [1.807, 2.05) is 36.4 Å². The molecule has 170 valence electrons. The molecule has 0 saturated heterocycles. The molecule has 32 heavy (non-hydrogen) atoms. The third-order valence-corrected chi connectivity index (χ3v) is 4.59. The van der Waals surface area contributed by atoms with Gasteiger partial charge in [0.05, 0.1) is 19.6 Å². The highest BCUT2D eigenvalue weighted by atomic mass is 16.5. The molecule has 0 aromatic heterocycles. The lowest BCUT2D eigenvalue weighted by Crippen LogP contribution is -2.26. The van der Waals surface area contributed by atoms with E-state index in [1.165, 1.54) is 6.08 Å². The molecule has 0 saturated carbocycles. The van der Waals surface area contributed by atoms with Crippen LogP contribution in [0.3, 0.4) is 0 Å². The van der Waals surface area contributed by atoms with Gasteiger partial charge in [-0.05, 0) is 48.7 Å². The van der Waals surface area contributed by atoms with Crippen molar-refractivity contribution in [3.05, 3.63) is 76.9 Å². The van der Waals surface area contributed by atoms with Gasteiger partial charge in [0.2, 0.25) is 5.91 Å². The summed E-state index contributed by atoms with van der Waals surface area (Å²) in [5, 5.41) is 0. The standard InChI is InChI=1S/C25H30N2O5/c1-3-31-23(28)11-10-20-14-21(16-22(15-20)25(26)30)18-27(13-12-24(29)32-4-2)17-19-8-6-5-7-9-19/h5-11,14-16H,3-4,12-13,17-18H2,1-2H3,(H2,26,30). The Balaban J connectivity index is 2.25. The van der Waals surface area contributed by atoms with Crippen LogP contribution in [-0.4, -0.2) is 42.5 Å². The topological polar surface area (TPSA) is 98.9 Å². The van der Waals surface area contributed by atoms with Crippen molar-refractivity contribution in [1.82, 2.24) is 4.90 Å². The maximum Gasteiger partial charge on any atom is 0.330 e. The Morgan fingerprint density at radius 2 is 1.62 bits per heavy atom. The third kappa shape index (κ3) is 8.73. The molecule has 0 aliphatic rings. The zero-order valence-corrected chi connectivity index (χ0v) is 18.6. The maximum atomic E-state index is 11.9. The van der Waals surface area contributed by atoms with Gasteiger partial charge in [0.15, 0.2) is 0 Å². The van der Waals surface area contributed by atoms with Crippen LogP contribution in [0.4, 0.5) is 0 Å². The molecule has 0 atom stereocenters. The van der Waals surface area contributed by atoms with Crippen molar-refractivity contribution in [3.8, 4) is 0 Å². The van der Waals surface area contributed by atoms with Crippen molar-refractivity contribution >= 4 is 23.9 Å². The predicted molar refractivity (Wildman–Crippen MR) is 122 cm³/mol. The number of carbonyl (C=O) groups is 3. The summed E-state index contributed by atoms with van der Waals surface area (Å²) in [6, 6.07) is 15.1. The Kier molecular flexibility index (Phi) is 10.1.